The molecule has 1 rings (SSSR count). The molecule has 1 aromatic carbocycles. The summed E-state index contributed by atoms with van der Waals surface area (Å²) < 4.78 is 5.17. The van der Waals surface area contributed by atoms with Crippen molar-refractivity contribution in [2.45, 2.75) is 13.3 Å². The van der Waals surface area contributed by atoms with Crippen molar-refractivity contribution in [3.63, 3.8) is 0 Å². The van der Waals surface area contributed by atoms with Gasteiger partial charge in [-0.1, -0.05) is 0 Å². The summed E-state index contributed by atoms with van der Waals surface area (Å²) in [5.74, 6) is 0.337. The molecule has 0 unspecified atom stereocenters. The van der Waals surface area contributed by atoms with Gasteiger partial charge in [0.05, 0.1) is 7.11 Å². The second kappa shape index (κ2) is 9.68. The number of amides is 1. The Kier molecular flexibility index (Phi) is 7.85. The third kappa shape index (κ3) is 6.05. The van der Waals surface area contributed by atoms with Gasteiger partial charge >= 0.3 is 0 Å². The maximum absolute atomic E-state index is 12.0. The van der Waals surface area contributed by atoms with E-state index in [9.17, 15) is 4.79 Å². The predicted octanol–water partition coefficient (Wildman–Crippen LogP) is 1.77. The summed E-state index contributed by atoms with van der Waals surface area (Å²) in [6.07, 6.45) is 2.50. The van der Waals surface area contributed by atoms with Crippen LogP contribution in [0.3, 0.4) is 0 Å². The highest BCUT2D eigenvalue weighted by molar-refractivity contribution is 5.97. The minimum atomic E-state index is -0.0761. The van der Waals surface area contributed by atoms with Gasteiger partial charge in [-0.2, -0.15) is 5.10 Å². The van der Waals surface area contributed by atoms with Crippen molar-refractivity contribution in [3.8, 4) is 0 Å². The minimum absolute atomic E-state index is 0.0761. The lowest BCUT2D eigenvalue weighted by molar-refractivity contribution is 0.0952. The van der Waals surface area contributed by atoms with Crippen LogP contribution < -0.4 is 5.32 Å². The van der Waals surface area contributed by atoms with Crippen LogP contribution in [0.15, 0.2) is 34.5 Å². The van der Waals surface area contributed by atoms with Crippen LogP contribution in [0.1, 0.15) is 29.3 Å². The second-order valence-corrected chi connectivity index (χ2v) is 4.97. The van der Waals surface area contributed by atoms with Gasteiger partial charge < -0.3 is 15.0 Å². The van der Waals surface area contributed by atoms with Gasteiger partial charge in [0.15, 0.2) is 0 Å². The van der Waals surface area contributed by atoms with E-state index >= 15 is 0 Å². The largest absolute Gasteiger partial charge is 0.479 e. The first-order valence-electron chi connectivity index (χ1n) is 7.21. The third-order valence-electron chi connectivity index (χ3n) is 2.92. The molecule has 0 saturated carbocycles. The van der Waals surface area contributed by atoms with E-state index in [0.29, 0.717) is 18.0 Å². The maximum atomic E-state index is 12.0. The number of rotatable bonds is 7. The average molecular weight is 304 g/mol. The fraction of sp³-hybridized carbons (Fsp3) is 0.438. The summed E-state index contributed by atoms with van der Waals surface area (Å²) in [6, 6.07) is 7.09. The molecule has 0 atom stereocenters. The summed E-state index contributed by atoms with van der Waals surface area (Å²) in [6.45, 7) is 3.39. The molecule has 0 aliphatic heterocycles. The van der Waals surface area contributed by atoms with Crippen molar-refractivity contribution in [1.82, 2.24) is 10.2 Å². The van der Waals surface area contributed by atoms with E-state index < -0.39 is 0 Å². The second-order valence-electron chi connectivity index (χ2n) is 4.97. The topological polar surface area (TPSA) is 66.3 Å². The molecule has 0 fully saturated rings. The molecule has 1 N–H and O–H groups in total. The quantitative estimate of drug-likeness (QED) is 0.361. The van der Waals surface area contributed by atoms with Crippen LogP contribution in [0.4, 0.5) is 0 Å². The van der Waals surface area contributed by atoms with Crippen LogP contribution >= 0.6 is 0 Å². The van der Waals surface area contributed by atoms with Crippen LogP contribution in [0, 0.1) is 0 Å². The molecule has 6 heteroatoms. The lowest BCUT2D eigenvalue weighted by Gasteiger charge is -2.10. The van der Waals surface area contributed by atoms with Crippen molar-refractivity contribution in [2.75, 3.05) is 34.3 Å². The molecule has 0 bridgehead atoms. The summed E-state index contributed by atoms with van der Waals surface area (Å²) >= 11 is 0. The van der Waals surface area contributed by atoms with E-state index in [0.717, 1.165) is 18.5 Å². The standard InChI is InChI=1S/C16H24N4O2/c1-5-18-19-16(22-4)14-9-7-13(8-10-14)15(21)17-11-6-12-20(2)3/h5,7-10H,6,11-12H2,1-4H3,(H,17,21)/b18-5+,19-16-. The molecule has 0 spiro atoms. The smallest absolute Gasteiger partial charge is 0.251 e. The van der Waals surface area contributed by atoms with Crippen LogP contribution in [0.5, 0.6) is 0 Å². The third-order valence-corrected chi connectivity index (χ3v) is 2.92. The number of hydrogen-bond acceptors (Lipinski definition) is 5. The molecular weight excluding hydrogens is 280 g/mol. The van der Waals surface area contributed by atoms with Gasteiger partial charge in [-0.25, -0.2) is 0 Å². The van der Waals surface area contributed by atoms with Crippen molar-refractivity contribution in [2.24, 2.45) is 10.2 Å². The normalized spacial score (nSPS) is 12.0. The fourth-order valence-electron chi connectivity index (χ4n) is 1.79. The Bertz CT molecular complexity index is 521. The summed E-state index contributed by atoms with van der Waals surface area (Å²) in [4.78, 5) is 14.1. The van der Waals surface area contributed by atoms with Crippen molar-refractivity contribution >= 4 is 18.0 Å². The highest BCUT2D eigenvalue weighted by Crippen LogP contribution is 2.07. The van der Waals surface area contributed by atoms with E-state index in [4.69, 9.17) is 4.74 Å². The zero-order chi connectivity index (χ0) is 16.4. The van der Waals surface area contributed by atoms with Gasteiger partial charge in [-0.05, 0) is 58.3 Å². The Balaban J connectivity index is 2.62. The molecule has 0 aromatic heterocycles. The van der Waals surface area contributed by atoms with Crippen LogP contribution in [0.2, 0.25) is 0 Å². The van der Waals surface area contributed by atoms with Crippen LogP contribution in [0.25, 0.3) is 0 Å². The highest BCUT2D eigenvalue weighted by Gasteiger charge is 2.07. The average Bonchev–Trinajstić information content (AvgIpc) is 2.52. The molecule has 0 heterocycles. The number of benzene rings is 1. The van der Waals surface area contributed by atoms with Gasteiger partial charge in [0.2, 0.25) is 5.90 Å². The summed E-state index contributed by atoms with van der Waals surface area (Å²) in [5.41, 5.74) is 1.39. The first-order chi connectivity index (χ1) is 10.6. The first kappa shape index (κ1) is 17.8. The van der Waals surface area contributed by atoms with Gasteiger partial charge in [0.25, 0.3) is 5.91 Å². The Morgan fingerprint density at radius 1 is 1.27 bits per heavy atom. The molecule has 1 amide bonds. The number of methoxy groups -OCH3 is 1. The zero-order valence-electron chi connectivity index (χ0n) is 13.7. The van der Waals surface area contributed by atoms with Crippen molar-refractivity contribution < 1.29 is 9.53 Å². The minimum Gasteiger partial charge on any atom is -0.479 e. The first-order valence-corrected chi connectivity index (χ1v) is 7.21. The Hall–Kier alpha value is -2.21. The summed E-state index contributed by atoms with van der Waals surface area (Å²) in [7, 11) is 5.56. The monoisotopic (exact) mass is 304 g/mol. The molecule has 0 saturated heterocycles. The van der Waals surface area contributed by atoms with Crippen molar-refractivity contribution in [1.29, 1.82) is 0 Å². The predicted molar refractivity (Wildman–Crippen MR) is 89.7 cm³/mol. The lowest BCUT2D eigenvalue weighted by Crippen LogP contribution is -2.27. The molecule has 1 aromatic rings. The summed E-state index contributed by atoms with van der Waals surface area (Å²) in [5, 5.41) is 10.6. The van der Waals surface area contributed by atoms with Crippen LogP contribution in [-0.4, -0.2) is 57.2 Å². The van der Waals surface area contributed by atoms with Gasteiger partial charge in [0.1, 0.15) is 0 Å². The Labute approximate surface area is 131 Å². The number of nitrogens with zero attached hydrogens (tertiary/aromatic N) is 3. The van der Waals surface area contributed by atoms with Crippen LogP contribution in [-0.2, 0) is 4.74 Å². The van der Waals surface area contributed by atoms with E-state index in [1.54, 1.807) is 37.4 Å². The molecule has 0 radical (unpaired) electrons. The fourth-order valence-corrected chi connectivity index (χ4v) is 1.79. The molecule has 6 nitrogen and oxygen atoms in total. The lowest BCUT2D eigenvalue weighted by atomic mass is 10.1. The number of carbonyl (C=O) groups is 1. The number of hydrogen-bond donors (Lipinski definition) is 1. The van der Waals surface area contributed by atoms with E-state index in [2.05, 4.69) is 20.4 Å². The number of nitrogens with one attached hydrogen (secondary N) is 1. The Morgan fingerprint density at radius 3 is 2.45 bits per heavy atom. The zero-order valence-corrected chi connectivity index (χ0v) is 13.7. The van der Waals surface area contributed by atoms with E-state index in [1.165, 1.54) is 7.11 Å². The highest BCUT2D eigenvalue weighted by atomic mass is 16.5. The van der Waals surface area contributed by atoms with Gasteiger partial charge in [0, 0.05) is 23.9 Å². The van der Waals surface area contributed by atoms with Crippen molar-refractivity contribution in [3.05, 3.63) is 35.4 Å². The maximum Gasteiger partial charge on any atom is 0.251 e. The Morgan fingerprint density at radius 2 is 1.91 bits per heavy atom. The molecule has 120 valence electrons. The van der Waals surface area contributed by atoms with E-state index in [-0.39, 0.29) is 5.91 Å². The SMILES string of the molecule is C/C=N/N=C(\OC)c1ccc(C(=O)NCCCN(C)C)cc1. The molecular formula is C16H24N4O2. The molecule has 0 aliphatic rings. The number of carbonyl (C=O) groups excluding carboxylic acids is 1. The molecule has 0 aliphatic carbocycles. The molecule has 22 heavy (non-hydrogen) atoms. The van der Waals surface area contributed by atoms with Gasteiger partial charge in [-0.15, -0.1) is 5.10 Å². The van der Waals surface area contributed by atoms with E-state index in [1.807, 2.05) is 14.1 Å². The number of ether oxygens (including phenoxy) is 1. The van der Waals surface area contributed by atoms with Gasteiger partial charge in [-0.3, -0.25) is 4.79 Å².